The predicted octanol–water partition coefficient (Wildman–Crippen LogP) is 4.68. The fourth-order valence-electron chi connectivity index (χ4n) is 8.93. The van der Waals surface area contributed by atoms with Crippen molar-refractivity contribution < 1.29 is 59.5 Å². The first-order valence-corrected chi connectivity index (χ1v) is 22.2. The molecule has 0 unspecified atom stereocenters. The molecule has 13 nitrogen and oxygen atoms in total. The van der Waals surface area contributed by atoms with Gasteiger partial charge in [-0.15, -0.1) is 0 Å². The van der Waals surface area contributed by atoms with Crippen molar-refractivity contribution in [3.05, 3.63) is 60.2 Å². The van der Waals surface area contributed by atoms with Gasteiger partial charge in [0.05, 0.1) is 13.2 Å². The Morgan fingerprint density at radius 1 is 0.550 bits per heavy atom. The molecule has 0 aromatic heterocycles. The summed E-state index contributed by atoms with van der Waals surface area (Å²) in [4.78, 5) is 25.3. The van der Waals surface area contributed by atoms with Gasteiger partial charge in [0, 0.05) is 19.3 Å². The van der Waals surface area contributed by atoms with Crippen LogP contribution >= 0.6 is 0 Å². The van der Waals surface area contributed by atoms with Gasteiger partial charge < -0.3 is 55.3 Å². The molecule has 0 spiro atoms. The van der Waals surface area contributed by atoms with Gasteiger partial charge in [-0.1, -0.05) is 119 Å². The molecule has 13 heteroatoms. The number of ether oxygens (including phenoxy) is 3. The molecule has 1 amide bonds. The molecule has 0 aliphatic carbocycles. The topological polar surface area (TPSA) is 215 Å². The third kappa shape index (κ3) is 11.6. The van der Waals surface area contributed by atoms with Crippen LogP contribution in [0.25, 0.3) is 32.3 Å². The van der Waals surface area contributed by atoms with E-state index in [1.807, 2.05) is 0 Å². The zero-order valence-electron chi connectivity index (χ0n) is 34.6. The van der Waals surface area contributed by atoms with E-state index in [1.165, 1.54) is 63.6 Å². The van der Waals surface area contributed by atoms with Gasteiger partial charge in [-0.25, -0.2) is 0 Å². The average Bonchev–Trinajstić information content (AvgIpc) is 3.25. The Balaban J connectivity index is 0.754. The van der Waals surface area contributed by atoms with E-state index >= 15 is 0 Å². The summed E-state index contributed by atoms with van der Waals surface area (Å²) < 4.78 is 16.5. The normalized spacial score (nSPS) is 27.2. The molecule has 2 heterocycles. The minimum Gasteiger partial charge on any atom is -0.394 e. The molecule has 330 valence electrons. The molecule has 10 atom stereocenters. The van der Waals surface area contributed by atoms with E-state index in [0.717, 1.165) is 57.8 Å². The van der Waals surface area contributed by atoms with Crippen molar-refractivity contribution in [1.29, 1.82) is 0 Å². The van der Waals surface area contributed by atoms with Crippen molar-refractivity contribution >= 4 is 44.0 Å². The van der Waals surface area contributed by atoms with E-state index in [0.29, 0.717) is 25.0 Å². The van der Waals surface area contributed by atoms with Crippen molar-refractivity contribution in [2.24, 2.45) is 0 Å². The molecule has 6 rings (SSSR count). The van der Waals surface area contributed by atoms with Gasteiger partial charge in [0.2, 0.25) is 5.91 Å². The summed E-state index contributed by atoms with van der Waals surface area (Å²) >= 11 is 0. The van der Waals surface area contributed by atoms with Gasteiger partial charge in [-0.3, -0.25) is 9.59 Å². The lowest BCUT2D eigenvalue weighted by Gasteiger charge is -2.46. The third-order valence-electron chi connectivity index (χ3n) is 12.4. The summed E-state index contributed by atoms with van der Waals surface area (Å²) in [5.74, 6) is -0.00288. The number of nitrogens with one attached hydrogen (secondary N) is 1. The number of ketones is 1. The number of benzene rings is 4. The van der Waals surface area contributed by atoms with Crippen LogP contribution in [0.5, 0.6) is 0 Å². The molecule has 0 bridgehead atoms. The number of aliphatic hydroxyl groups excluding tert-OH is 7. The predicted molar refractivity (Wildman–Crippen MR) is 227 cm³/mol. The second kappa shape index (κ2) is 22.7. The Hall–Kier alpha value is -3.34. The molecule has 4 aromatic rings. The van der Waals surface area contributed by atoms with E-state index in [4.69, 9.17) is 14.2 Å². The summed E-state index contributed by atoms with van der Waals surface area (Å²) in [5, 5.41) is 81.4. The molecule has 0 saturated carbocycles. The number of carbonyl (C=O) groups excluding carboxylic acids is 2. The first kappa shape index (κ1) is 46.2. The number of aryl methyl sites for hydroxylation is 1. The molecule has 2 fully saturated rings. The lowest BCUT2D eigenvalue weighted by Crippen LogP contribution is -2.66. The largest absolute Gasteiger partial charge is 0.394 e. The smallest absolute Gasteiger partial charge is 0.222 e. The Kier molecular flexibility index (Phi) is 17.4. The van der Waals surface area contributed by atoms with E-state index in [1.54, 1.807) is 0 Å². The highest BCUT2D eigenvalue weighted by molar-refractivity contribution is 6.23. The van der Waals surface area contributed by atoms with Crippen molar-refractivity contribution in [3.8, 4) is 0 Å². The van der Waals surface area contributed by atoms with Crippen LogP contribution in [-0.4, -0.2) is 122 Å². The third-order valence-corrected chi connectivity index (χ3v) is 12.4. The first-order chi connectivity index (χ1) is 29.1. The standard InChI is InChI=1S/C47H65NO12/c49-27-35-40(53)41(54)44(57)47(59-35)60-45-36(28-50)58-46(43(56)42(45)55)48-37(52)20-12-10-8-6-4-2-1-3-5-7-9-11-18-33(51)19-14-15-29-21-22-32-24-23-30-16-13-17-31-25-26-34(29)39(32)38(30)31/h13,16-17,21-26,35-36,40-47,49-50,53-57H,1-12,14-15,18-20,27-28H2,(H,48,52)/t35-,36-,40-,41+,42-,43-,44-,45-,46-,47+/m1/s1. The zero-order valence-corrected chi connectivity index (χ0v) is 34.6. The SMILES string of the molecule is O=C(CCCCCCCCCCCCCCC(=O)N[C@@H]1O[C@H](CO)[C@@H](O[C@@H]2O[C@H](CO)[C@@H](O)[C@H](O)[C@H]2O)[C@H](O)[C@H]1O)CCCc1ccc2ccc3cccc4ccc1c2c34. The summed E-state index contributed by atoms with van der Waals surface area (Å²) in [6, 6.07) is 19.8. The molecule has 8 N–H and O–H groups in total. The summed E-state index contributed by atoms with van der Waals surface area (Å²) in [6.45, 7) is -1.36. The van der Waals surface area contributed by atoms with Gasteiger partial charge >= 0.3 is 0 Å². The fraction of sp³-hybridized carbons (Fsp3) is 0.617. The maximum Gasteiger partial charge on any atom is 0.222 e. The number of carbonyl (C=O) groups is 2. The lowest BCUT2D eigenvalue weighted by atomic mass is 9.90. The minimum atomic E-state index is -1.75. The average molecular weight is 836 g/mol. The minimum absolute atomic E-state index is 0.200. The van der Waals surface area contributed by atoms with Crippen molar-refractivity contribution in [2.75, 3.05) is 13.2 Å². The van der Waals surface area contributed by atoms with Crippen LogP contribution in [0.3, 0.4) is 0 Å². The number of hydrogen-bond donors (Lipinski definition) is 8. The number of aliphatic hydroxyl groups is 7. The van der Waals surface area contributed by atoms with Gasteiger partial charge in [-0.05, 0) is 63.6 Å². The highest BCUT2D eigenvalue weighted by atomic mass is 16.7. The zero-order chi connectivity index (χ0) is 42.6. The maximum absolute atomic E-state index is 12.6. The number of amides is 1. The highest BCUT2D eigenvalue weighted by Crippen LogP contribution is 2.36. The van der Waals surface area contributed by atoms with Crippen LogP contribution in [0.15, 0.2) is 54.6 Å². The summed E-state index contributed by atoms with van der Waals surface area (Å²) in [5.41, 5.74) is 1.33. The molecule has 2 saturated heterocycles. The maximum atomic E-state index is 12.6. The van der Waals surface area contributed by atoms with Gasteiger partial charge in [0.1, 0.15) is 54.6 Å². The Morgan fingerprint density at radius 3 is 1.73 bits per heavy atom. The van der Waals surface area contributed by atoms with Crippen molar-refractivity contribution in [1.82, 2.24) is 5.32 Å². The number of rotatable bonds is 24. The van der Waals surface area contributed by atoms with Crippen LogP contribution in [0.1, 0.15) is 108 Å². The fourth-order valence-corrected chi connectivity index (χ4v) is 8.93. The molecular weight excluding hydrogens is 771 g/mol. The highest BCUT2D eigenvalue weighted by Gasteiger charge is 2.50. The monoisotopic (exact) mass is 835 g/mol. The van der Waals surface area contributed by atoms with Gasteiger partial charge in [0.15, 0.2) is 12.5 Å². The van der Waals surface area contributed by atoms with Gasteiger partial charge in [-0.2, -0.15) is 0 Å². The van der Waals surface area contributed by atoms with Crippen LogP contribution in [0.2, 0.25) is 0 Å². The van der Waals surface area contributed by atoms with E-state index < -0.39 is 74.6 Å². The van der Waals surface area contributed by atoms with E-state index in [2.05, 4.69) is 59.9 Å². The van der Waals surface area contributed by atoms with Crippen LogP contribution < -0.4 is 5.32 Å². The number of unbranched alkanes of at least 4 members (excludes halogenated alkanes) is 11. The van der Waals surface area contributed by atoms with Crippen LogP contribution in [0.4, 0.5) is 0 Å². The molecule has 0 radical (unpaired) electrons. The first-order valence-electron chi connectivity index (χ1n) is 22.2. The molecule has 4 aromatic carbocycles. The number of hydrogen-bond acceptors (Lipinski definition) is 12. The van der Waals surface area contributed by atoms with Gasteiger partial charge in [0.25, 0.3) is 0 Å². The molecule has 2 aliphatic heterocycles. The van der Waals surface area contributed by atoms with Crippen molar-refractivity contribution in [2.45, 2.75) is 171 Å². The van der Waals surface area contributed by atoms with E-state index in [-0.39, 0.29) is 12.3 Å². The van der Waals surface area contributed by atoms with Crippen LogP contribution in [0, 0.1) is 0 Å². The molecule has 60 heavy (non-hydrogen) atoms. The Morgan fingerprint density at radius 2 is 1.10 bits per heavy atom. The molecular formula is C47H65NO12. The summed E-state index contributed by atoms with van der Waals surface area (Å²) in [7, 11) is 0. The Bertz CT molecular complexity index is 1920. The lowest BCUT2D eigenvalue weighted by molar-refractivity contribution is -0.343. The van der Waals surface area contributed by atoms with Crippen molar-refractivity contribution in [3.63, 3.8) is 0 Å². The van der Waals surface area contributed by atoms with E-state index in [9.17, 15) is 45.3 Å². The second-order valence-corrected chi connectivity index (χ2v) is 16.8. The number of Topliss-reactive ketones (excluding diaryl/α,β-unsaturated/α-hetero) is 1. The Labute approximate surface area is 352 Å². The molecule has 2 aliphatic rings. The second-order valence-electron chi connectivity index (χ2n) is 16.8. The quantitative estimate of drug-likeness (QED) is 0.0357. The van der Waals surface area contributed by atoms with Crippen LogP contribution in [-0.2, 0) is 30.2 Å². The summed E-state index contributed by atoms with van der Waals surface area (Å²) in [6.07, 6.45) is 0.819.